The van der Waals surface area contributed by atoms with E-state index in [2.05, 4.69) is 0 Å². The average molecular weight is 247 g/mol. The van der Waals surface area contributed by atoms with Gasteiger partial charge in [0.2, 0.25) is 0 Å². The van der Waals surface area contributed by atoms with Crippen LogP contribution in [0.2, 0.25) is 0 Å². The molecule has 0 bridgehead atoms. The molecule has 0 aliphatic carbocycles. The highest BCUT2D eigenvalue weighted by atomic mass is 32.2. The fraction of sp³-hybridized carbons (Fsp3) is 1.00. The number of β-amino-alcohol motifs (C(OH)–C–C–N with tert-alkyl or cyclic N) is 1. The molecule has 1 unspecified atom stereocenters. The van der Waals surface area contributed by atoms with Crippen LogP contribution in [0.15, 0.2) is 0 Å². The summed E-state index contributed by atoms with van der Waals surface area (Å²) in [7, 11) is -5.30. The Bertz CT molecular complexity index is 336. The van der Waals surface area contributed by atoms with Gasteiger partial charge in [-0.15, -0.1) is 0 Å². The van der Waals surface area contributed by atoms with Gasteiger partial charge in [0.1, 0.15) is 0 Å². The third-order valence-electron chi connectivity index (χ3n) is 2.27. The fourth-order valence-corrected chi connectivity index (χ4v) is 2.64. The summed E-state index contributed by atoms with van der Waals surface area (Å²) >= 11 is 0. The molecule has 4 nitrogen and oxygen atoms in total. The number of halogens is 3. The van der Waals surface area contributed by atoms with Crippen LogP contribution < -0.4 is 0 Å². The number of sulfonamides is 1. The number of hydrogen-bond acceptors (Lipinski definition) is 3. The summed E-state index contributed by atoms with van der Waals surface area (Å²) in [5, 5.41) is 9.50. The molecule has 0 aromatic rings. The third-order valence-corrected chi connectivity index (χ3v) is 3.85. The second kappa shape index (κ2) is 3.60. The molecule has 1 N–H and O–H groups in total. The van der Waals surface area contributed by atoms with E-state index >= 15 is 0 Å². The van der Waals surface area contributed by atoms with Crippen molar-refractivity contribution in [3.8, 4) is 0 Å². The molecule has 1 atom stereocenters. The van der Waals surface area contributed by atoms with E-state index in [1.165, 1.54) is 6.92 Å². The van der Waals surface area contributed by atoms with Crippen LogP contribution in [-0.2, 0) is 10.0 Å². The summed E-state index contributed by atoms with van der Waals surface area (Å²) in [6.07, 6.45) is 0.527. The molecule has 1 saturated heterocycles. The standard InChI is InChI=1S/C7H12F3NO3S/c1-6(12)3-2-4-11(5-6)15(13,14)7(8,9)10/h12H,2-5H2,1H3. The molecule has 1 aliphatic heterocycles. The monoisotopic (exact) mass is 247 g/mol. The molecule has 8 heteroatoms. The largest absolute Gasteiger partial charge is 0.511 e. The van der Waals surface area contributed by atoms with E-state index in [0.717, 1.165) is 0 Å². The van der Waals surface area contributed by atoms with Gasteiger partial charge in [-0.05, 0) is 19.8 Å². The SMILES string of the molecule is CC1(O)CCCN(S(=O)(=O)C(F)(F)F)C1. The number of rotatable bonds is 1. The van der Waals surface area contributed by atoms with Gasteiger partial charge >= 0.3 is 15.5 Å². The van der Waals surface area contributed by atoms with Crippen molar-refractivity contribution in [2.24, 2.45) is 0 Å². The first-order valence-electron chi connectivity index (χ1n) is 4.35. The molecule has 0 aromatic carbocycles. The van der Waals surface area contributed by atoms with Gasteiger partial charge in [0.15, 0.2) is 0 Å². The predicted molar refractivity (Wildman–Crippen MR) is 46.4 cm³/mol. The van der Waals surface area contributed by atoms with E-state index in [9.17, 15) is 26.7 Å². The molecule has 0 aromatic heterocycles. The minimum atomic E-state index is -5.30. The van der Waals surface area contributed by atoms with E-state index in [-0.39, 0.29) is 17.3 Å². The molecule has 0 spiro atoms. The second-order valence-electron chi connectivity index (χ2n) is 3.88. The maximum absolute atomic E-state index is 12.2. The topological polar surface area (TPSA) is 57.6 Å². The number of alkyl halides is 3. The Balaban J connectivity index is 2.90. The lowest BCUT2D eigenvalue weighted by Gasteiger charge is -2.35. The Morgan fingerprint density at radius 2 is 1.93 bits per heavy atom. The Morgan fingerprint density at radius 3 is 2.33 bits per heavy atom. The summed E-state index contributed by atoms with van der Waals surface area (Å²) in [6, 6.07) is 0. The van der Waals surface area contributed by atoms with Gasteiger partial charge in [-0.1, -0.05) is 0 Å². The maximum atomic E-state index is 12.2. The van der Waals surface area contributed by atoms with Crippen LogP contribution in [0.4, 0.5) is 13.2 Å². The molecule has 0 saturated carbocycles. The van der Waals surface area contributed by atoms with Crippen molar-refractivity contribution in [2.45, 2.75) is 30.9 Å². The predicted octanol–water partition coefficient (Wildman–Crippen LogP) is 0.683. The molecule has 15 heavy (non-hydrogen) atoms. The highest BCUT2D eigenvalue weighted by Crippen LogP contribution is 2.31. The van der Waals surface area contributed by atoms with Crippen LogP contribution in [0, 0.1) is 0 Å². The molecule has 1 fully saturated rings. The lowest BCUT2D eigenvalue weighted by atomic mass is 9.97. The summed E-state index contributed by atoms with van der Waals surface area (Å²) < 4.78 is 58.7. The van der Waals surface area contributed by atoms with Crippen LogP contribution in [0.1, 0.15) is 19.8 Å². The summed E-state index contributed by atoms with van der Waals surface area (Å²) in [6.45, 7) is 0.623. The van der Waals surface area contributed by atoms with Gasteiger partial charge in [-0.2, -0.15) is 17.5 Å². The average Bonchev–Trinajstić information content (AvgIpc) is 2.00. The van der Waals surface area contributed by atoms with Crippen molar-refractivity contribution >= 4 is 10.0 Å². The minimum absolute atomic E-state index is 0.196. The van der Waals surface area contributed by atoms with Crippen molar-refractivity contribution in [2.75, 3.05) is 13.1 Å². The second-order valence-corrected chi connectivity index (χ2v) is 5.81. The van der Waals surface area contributed by atoms with Crippen molar-refractivity contribution in [1.29, 1.82) is 0 Å². The number of nitrogens with zero attached hydrogens (tertiary/aromatic N) is 1. The molecule has 1 rings (SSSR count). The first-order valence-corrected chi connectivity index (χ1v) is 5.79. The van der Waals surface area contributed by atoms with Crippen LogP contribution in [0.3, 0.4) is 0 Å². The smallest absolute Gasteiger partial charge is 0.389 e. The van der Waals surface area contributed by atoms with Crippen molar-refractivity contribution in [3.63, 3.8) is 0 Å². The van der Waals surface area contributed by atoms with Crippen LogP contribution >= 0.6 is 0 Å². The van der Waals surface area contributed by atoms with E-state index in [4.69, 9.17) is 0 Å². The third kappa shape index (κ3) is 2.61. The zero-order chi connectivity index (χ0) is 11.9. The number of piperidine rings is 1. The number of hydrogen-bond donors (Lipinski definition) is 1. The zero-order valence-electron chi connectivity index (χ0n) is 8.08. The fourth-order valence-electron chi connectivity index (χ4n) is 1.53. The van der Waals surface area contributed by atoms with E-state index in [1.54, 1.807) is 0 Å². The van der Waals surface area contributed by atoms with E-state index < -0.39 is 27.7 Å². The molecule has 1 aliphatic rings. The highest BCUT2D eigenvalue weighted by Gasteiger charge is 2.51. The first-order chi connectivity index (χ1) is 6.56. The minimum Gasteiger partial charge on any atom is -0.389 e. The Morgan fingerprint density at radius 1 is 1.40 bits per heavy atom. The first kappa shape index (κ1) is 12.7. The van der Waals surface area contributed by atoms with Gasteiger partial charge in [0.05, 0.1) is 5.60 Å². The lowest BCUT2D eigenvalue weighted by Crippen LogP contribution is -2.51. The summed E-state index contributed by atoms with van der Waals surface area (Å²) in [4.78, 5) is 0. The highest BCUT2D eigenvalue weighted by molar-refractivity contribution is 7.90. The van der Waals surface area contributed by atoms with Crippen LogP contribution in [0.25, 0.3) is 0 Å². The Hall–Kier alpha value is -0.340. The van der Waals surface area contributed by atoms with Crippen molar-refractivity contribution in [1.82, 2.24) is 4.31 Å². The van der Waals surface area contributed by atoms with E-state index in [0.29, 0.717) is 6.42 Å². The van der Waals surface area contributed by atoms with Crippen molar-refractivity contribution < 1.29 is 26.7 Å². The lowest BCUT2D eigenvalue weighted by molar-refractivity contribution is -0.0548. The maximum Gasteiger partial charge on any atom is 0.511 e. The van der Waals surface area contributed by atoms with Gasteiger partial charge in [0, 0.05) is 13.1 Å². The van der Waals surface area contributed by atoms with Gasteiger partial charge in [-0.3, -0.25) is 0 Å². The summed E-state index contributed by atoms with van der Waals surface area (Å²) in [5.74, 6) is 0. The summed E-state index contributed by atoms with van der Waals surface area (Å²) in [5.41, 5.74) is -6.67. The van der Waals surface area contributed by atoms with Crippen molar-refractivity contribution in [3.05, 3.63) is 0 Å². The normalized spacial score (nSPS) is 30.5. The Kier molecular flexibility index (Phi) is 3.05. The number of aliphatic hydroxyl groups is 1. The molecule has 0 radical (unpaired) electrons. The van der Waals surface area contributed by atoms with Crippen LogP contribution in [-0.4, -0.2) is 42.0 Å². The van der Waals surface area contributed by atoms with Gasteiger partial charge in [-0.25, -0.2) is 8.42 Å². The molecular weight excluding hydrogens is 235 g/mol. The van der Waals surface area contributed by atoms with E-state index in [1.807, 2.05) is 0 Å². The van der Waals surface area contributed by atoms with Gasteiger partial charge in [0.25, 0.3) is 0 Å². The molecular formula is C7H12F3NO3S. The Labute approximate surface area is 85.7 Å². The van der Waals surface area contributed by atoms with Gasteiger partial charge < -0.3 is 5.11 Å². The quantitative estimate of drug-likeness (QED) is 0.741. The van der Waals surface area contributed by atoms with Crippen LogP contribution in [0.5, 0.6) is 0 Å². The zero-order valence-corrected chi connectivity index (χ0v) is 8.90. The molecule has 90 valence electrons. The molecule has 1 heterocycles. The molecule has 0 amide bonds.